The van der Waals surface area contributed by atoms with Crippen LogP contribution in [0.4, 0.5) is 10.5 Å². The van der Waals surface area contributed by atoms with Gasteiger partial charge in [0.2, 0.25) is 0 Å². The van der Waals surface area contributed by atoms with Gasteiger partial charge in [0.15, 0.2) is 23.0 Å². The van der Waals surface area contributed by atoms with E-state index in [4.69, 9.17) is 23.7 Å². The highest BCUT2D eigenvalue weighted by molar-refractivity contribution is 5.69. The third-order valence-electron chi connectivity index (χ3n) is 10.6. The molecule has 11 heteroatoms. The average Bonchev–Trinajstić information content (AvgIpc) is 3.12. The zero-order chi connectivity index (χ0) is 33.9. The van der Waals surface area contributed by atoms with Gasteiger partial charge in [-0.1, -0.05) is 13.3 Å². The third-order valence-corrected chi connectivity index (χ3v) is 10.6. The molecule has 3 aliphatic rings. The van der Waals surface area contributed by atoms with Crippen molar-refractivity contribution in [3.8, 4) is 23.0 Å². The van der Waals surface area contributed by atoms with Crippen LogP contribution < -0.4 is 18.9 Å². The lowest BCUT2D eigenvalue weighted by Gasteiger charge is -2.49. The number of non-ortho nitro benzene ring substituents is 1. The van der Waals surface area contributed by atoms with Crippen LogP contribution in [0.3, 0.4) is 0 Å². The number of methoxy groups -OCH3 is 4. The van der Waals surface area contributed by atoms with Gasteiger partial charge in [-0.3, -0.25) is 15.0 Å². The van der Waals surface area contributed by atoms with E-state index in [1.807, 2.05) is 17.0 Å². The molecule has 48 heavy (non-hydrogen) atoms. The SMILES string of the molecule is CC[C@H]1CN2CCc3cc(OC)c(OC)cc3[C@@H]2C[C@@H]1C[C@@H]1c2cc(OC)c(OC)cc2CCN1C(=O)OCc1ccc([N+](=O)[O-])cc1. The summed E-state index contributed by atoms with van der Waals surface area (Å²) in [6.45, 7) is 4.79. The van der Waals surface area contributed by atoms with Crippen molar-refractivity contribution in [3.63, 3.8) is 0 Å². The first-order chi connectivity index (χ1) is 23.3. The highest BCUT2D eigenvalue weighted by Gasteiger charge is 2.42. The monoisotopic (exact) mass is 659 g/mol. The molecule has 11 nitrogen and oxygen atoms in total. The van der Waals surface area contributed by atoms with Crippen LogP contribution in [0.2, 0.25) is 0 Å². The molecule has 3 aromatic carbocycles. The van der Waals surface area contributed by atoms with Crippen LogP contribution in [0.5, 0.6) is 23.0 Å². The second kappa shape index (κ2) is 14.3. The summed E-state index contributed by atoms with van der Waals surface area (Å²) in [5, 5.41) is 11.1. The molecule has 3 heterocycles. The van der Waals surface area contributed by atoms with E-state index in [2.05, 4.69) is 24.0 Å². The molecule has 6 rings (SSSR count). The van der Waals surface area contributed by atoms with E-state index in [0.717, 1.165) is 61.4 Å². The number of carbonyl (C=O) groups is 1. The fourth-order valence-corrected chi connectivity index (χ4v) is 7.98. The average molecular weight is 660 g/mol. The van der Waals surface area contributed by atoms with Crippen LogP contribution in [0.15, 0.2) is 48.5 Å². The van der Waals surface area contributed by atoms with E-state index in [1.54, 1.807) is 40.6 Å². The van der Waals surface area contributed by atoms with E-state index in [-0.39, 0.29) is 24.4 Å². The zero-order valence-electron chi connectivity index (χ0n) is 28.4. The van der Waals surface area contributed by atoms with Crippen molar-refractivity contribution in [3.05, 3.63) is 86.5 Å². The van der Waals surface area contributed by atoms with Crippen molar-refractivity contribution in [1.29, 1.82) is 0 Å². The number of rotatable bonds is 10. The van der Waals surface area contributed by atoms with Gasteiger partial charge in [0.1, 0.15) is 6.61 Å². The van der Waals surface area contributed by atoms with Gasteiger partial charge in [-0.15, -0.1) is 0 Å². The Morgan fingerprint density at radius 1 is 0.833 bits per heavy atom. The van der Waals surface area contributed by atoms with Gasteiger partial charge in [0, 0.05) is 37.8 Å². The highest BCUT2D eigenvalue weighted by Crippen LogP contribution is 2.49. The molecule has 0 aromatic heterocycles. The molecule has 3 aromatic rings. The Labute approximate surface area is 281 Å². The second-order valence-corrected chi connectivity index (χ2v) is 12.9. The standard InChI is InChI=1S/C37H45N3O8/c1-6-24-21-38-13-11-25-17-33(44-2)35(46-4)19-29(25)31(38)15-27(24)16-32-30-20-36(47-5)34(45-3)18-26(30)12-14-39(32)37(41)48-22-23-7-9-28(10-8-23)40(42)43/h7-10,17-20,24,27,31-32H,6,11-16,21-22H2,1-5H3/t24-,27+,31-,32+/m0/s1. The van der Waals surface area contributed by atoms with E-state index >= 15 is 0 Å². The Hall–Kier alpha value is -4.51. The highest BCUT2D eigenvalue weighted by atomic mass is 16.6. The number of ether oxygens (including phenoxy) is 5. The Morgan fingerprint density at radius 2 is 1.42 bits per heavy atom. The topological polar surface area (TPSA) is 113 Å². The lowest BCUT2D eigenvalue weighted by atomic mass is 9.72. The smallest absolute Gasteiger partial charge is 0.410 e. The van der Waals surface area contributed by atoms with Crippen LogP contribution in [0.1, 0.15) is 66.1 Å². The number of nitrogens with zero attached hydrogens (tertiary/aromatic N) is 3. The minimum absolute atomic E-state index is 0.00292. The molecule has 1 saturated heterocycles. The Kier molecular flexibility index (Phi) is 9.96. The number of hydrogen-bond donors (Lipinski definition) is 0. The molecule has 1 amide bonds. The number of fused-ring (bicyclic) bond motifs is 4. The van der Waals surface area contributed by atoms with Crippen LogP contribution in [-0.4, -0.2) is 68.9 Å². The fourth-order valence-electron chi connectivity index (χ4n) is 7.98. The van der Waals surface area contributed by atoms with Crippen molar-refractivity contribution >= 4 is 11.8 Å². The minimum Gasteiger partial charge on any atom is -0.493 e. The predicted octanol–water partition coefficient (Wildman–Crippen LogP) is 6.90. The van der Waals surface area contributed by atoms with Crippen molar-refractivity contribution in [1.82, 2.24) is 9.80 Å². The molecule has 0 unspecified atom stereocenters. The summed E-state index contributed by atoms with van der Waals surface area (Å²) in [5.74, 6) is 3.61. The molecule has 1 fully saturated rings. The maximum absolute atomic E-state index is 13.9. The molecular weight excluding hydrogens is 614 g/mol. The fraction of sp³-hybridized carbons (Fsp3) is 0.486. The summed E-state index contributed by atoms with van der Waals surface area (Å²) in [7, 11) is 6.63. The number of amides is 1. The number of piperidine rings is 1. The van der Waals surface area contributed by atoms with Gasteiger partial charge >= 0.3 is 6.09 Å². The summed E-state index contributed by atoms with van der Waals surface area (Å²) in [6, 6.07) is 14.5. The van der Waals surface area contributed by atoms with Gasteiger partial charge in [-0.25, -0.2) is 4.79 Å². The van der Waals surface area contributed by atoms with Crippen LogP contribution >= 0.6 is 0 Å². The quantitative estimate of drug-likeness (QED) is 0.169. The second-order valence-electron chi connectivity index (χ2n) is 12.9. The van der Waals surface area contributed by atoms with Crippen molar-refractivity contribution in [2.24, 2.45) is 11.8 Å². The molecular formula is C37H45N3O8. The summed E-state index contributed by atoms with van der Waals surface area (Å²) < 4.78 is 28.6. The first-order valence-electron chi connectivity index (χ1n) is 16.7. The largest absolute Gasteiger partial charge is 0.493 e. The van der Waals surface area contributed by atoms with E-state index in [0.29, 0.717) is 41.9 Å². The van der Waals surface area contributed by atoms with Gasteiger partial charge in [0.05, 0.1) is 39.4 Å². The van der Waals surface area contributed by atoms with Crippen LogP contribution in [-0.2, 0) is 24.2 Å². The number of benzene rings is 3. The summed E-state index contributed by atoms with van der Waals surface area (Å²) in [6.07, 6.45) is 4.02. The molecule has 256 valence electrons. The molecule has 4 atom stereocenters. The summed E-state index contributed by atoms with van der Waals surface area (Å²) >= 11 is 0. The Bertz CT molecular complexity index is 1640. The molecule has 0 spiro atoms. The van der Waals surface area contributed by atoms with Crippen molar-refractivity contribution < 1.29 is 33.4 Å². The van der Waals surface area contributed by atoms with E-state index < -0.39 is 11.0 Å². The van der Waals surface area contributed by atoms with Crippen molar-refractivity contribution in [2.45, 2.75) is 57.7 Å². The molecule has 0 aliphatic carbocycles. The predicted molar refractivity (Wildman–Crippen MR) is 180 cm³/mol. The van der Waals surface area contributed by atoms with Crippen molar-refractivity contribution in [2.75, 3.05) is 48.1 Å². The Morgan fingerprint density at radius 3 is 2.02 bits per heavy atom. The number of carbonyl (C=O) groups excluding carboxylic acids is 1. The maximum Gasteiger partial charge on any atom is 0.410 e. The van der Waals surface area contributed by atoms with E-state index in [1.165, 1.54) is 23.3 Å². The molecule has 0 saturated carbocycles. The lowest BCUT2D eigenvalue weighted by molar-refractivity contribution is -0.384. The maximum atomic E-state index is 13.9. The van der Waals surface area contributed by atoms with Crippen LogP contribution in [0.25, 0.3) is 0 Å². The normalized spacial score (nSPS) is 21.7. The minimum atomic E-state index is -0.442. The first-order valence-corrected chi connectivity index (χ1v) is 16.7. The van der Waals surface area contributed by atoms with Crippen LogP contribution in [0, 0.1) is 22.0 Å². The summed E-state index contributed by atoms with van der Waals surface area (Å²) in [4.78, 5) is 29.0. The third kappa shape index (κ3) is 6.48. The van der Waals surface area contributed by atoms with Gasteiger partial charge in [-0.05, 0) is 102 Å². The molecule has 0 N–H and O–H groups in total. The van der Waals surface area contributed by atoms with Gasteiger partial charge in [0.25, 0.3) is 5.69 Å². The number of nitro benzene ring substituents is 1. The molecule has 0 radical (unpaired) electrons. The molecule has 3 aliphatic heterocycles. The number of nitro groups is 1. The molecule has 0 bridgehead atoms. The van der Waals surface area contributed by atoms with Gasteiger partial charge < -0.3 is 28.6 Å². The summed E-state index contributed by atoms with van der Waals surface area (Å²) in [5.41, 5.74) is 5.49. The zero-order valence-corrected chi connectivity index (χ0v) is 28.4. The first kappa shape index (κ1) is 33.4. The Balaban J connectivity index is 1.30. The van der Waals surface area contributed by atoms with E-state index in [9.17, 15) is 14.9 Å². The van der Waals surface area contributed by atoms with Gasteiger partial charge in [-0.2, -0.15) is 0 Å². The lowest BCUT2D eigenvalue weighted by Crippen LogP contribution is -2.47. The number of hydrogen-bond acceptors (Lipinski definition) is 9.